The van der Waals surface area contributed by atoms with Gasteiger partial charge in [0.1, 0.15) is 0 Å². The van der Waals surface area contributed by atoms with Crippen LogP contribution < -0.4 is 22.1 Å². The number of rotatable bonds is 5. The Balaban J connectivity index is 1.64. The maximum atomic E-state index is 11.8. The van der Waals surface area contributed by atoms with Crippen molar-refractivity contribution >= 4 is 34.3 Å². The van der Waals surface area contributed by atoms with Crippen LogP contribution in [0, 0.1) is 6.92 Å². The van der Waals surface area contributed by atoms with Crippen molar-refractivity contribution in [3.8, 4) is 0 Å². The van der Waals surface area contributed by atoms with Crippen LogP contribution in [0.1, 0.15) is 41.7 Å². The fourth-order valence-electron chi connectivity index (χ4n) is 3.58. The molecule has 1 fully saturated rings. The van der Waals surface area contributed by atoms with E-state index >= 15 is 0 Å². The molecule has 1 aromatic carbocycles. The van der Waals surface area contributed by atoms with Crippen molar-refractivity contribution in [3.63, 3.8) is 0 Å². The van der Waals surface area contributed by atoms with Gasteiger partial charge in [-0.05, 0) is 37.5 Å². The zero-order valence-electron chi connectivity index (χ0n) is 15.6. The molecule has 28 heavy (non-hydrogen) atoms. The van der Waals surface area contributed by atoms with E-state index in [0.717, 1.165) is 47.8 Å². The van der Waals surface area contributed by atoms with E-state index in [4.69, 9.17) is 11.5 Å². The van der Waals surface area contributed by atoms with Crippen LogP contribution in [-0.2, 0) is 0 Å². The maximum Gasteiger partial charge on any atom is 0.273 e. The summed E-state index contributed by atoms with van der Waals surface area (Å²) in [6.45, 7) is 1.98. The van der Waals surface area contributed by atoms with Gasteiger partial charge in [0, 0.05) is 23.2 Å². The van der Waals surface area contributed by atoms with Crippen molar-refractivity contribution in [2.24, 2.45) is 11.5 Å². The molecule has 10 heteroatoms. The summed E-state index contributed by atoms with van der Waals surface area (Å²) < 4.78 is 0. The lowest BCUT2D eigenvalue weighted by molar-refractivity contribution is 0.0995. The Bertz CT molecular complexity index is 1020. The van der Waals surface area contributed by atoms with E-state index in [-0.39, 0.29) is 23.6 Å². The number of amides is 1. The quantitative estimate of drug-likeness (QED) is 0.445. The van der Waals surface area contributed by atoms with Crippen molar-refractivity contribution < 1.29 is 4.79 Å². The van der Waals surface area contributed by atoms with E-state index in [2.05, 4.69) is 36.0 Å². The predicted octanol–water partition coefficient (Wildman–Crippen LogP) is 1.58. The Labute approximate surface area is 161 Å². The molecule has 0 bridgehead atoms. The minimum absolute atomic E-state index is 0.0270. The topological polar surface area (TPSA) is 161 Å². The summed E-state index contributed by atoms with van der Waals surface area (Å²) in [5, 5.41) is 22.4. The molecule has 0 aliphatic heterocycles. The van der Waals surface area contributed by atoms with Crippen LogP contribution in [0.5, 0.6) is 0 Å². The lowest BCUT2D eigenvalue weighted by Gasteiger charge is -2.29. The number of nitrogens with zero attached hydrogens (tertiary/aromatic N) is 4. The third kappa shape index (κ3) is 3.58. The van der Waals surface area contributed by atoms with E-state index in [1.54, 1.807) is 6.20 Å². The lowest BCUT2D eigenvalue weighted by Crippen LogP contribution is -2.43. The number of aromatic nitrogens is 5. The van der Waals surface area contributed by atoms with Crippen LogP contribution >= 0.6 is 0 Å². The molecule has 1 amide bonds. The number of aromatic amines is 1. The van der Waals surface area contributed by atoms with Gasteiger partial charge in [-0.25, -0.2) is 0 Å². The second-order valence-electron chi connectivity index (χ2n) is 7.15. The summed E-state index contributed by atoms with van der Waals surface area (Å²) in [5.41, 5.74) is 14.2. The molecule has 146 valence electrons. The second-order valence-corrected chi connectivity index (χ2v) is 7.15. The minimum Gasteiger partial charge on any atom is -0.364 e. The molecule has 4 rings (SSSR count). The van der Waals surface area contributed by atoms with Crippen molar-refractivity contribution in [1.82, 2.24) is 25.4 Å². The molecule has 1 aliphatic carbocycles. The Morgan fingerprint density at radius 2 is 2.07 bits per heavy atom. The number of carbonyl (C=O) groups excluding carboxylic acids is 1. The zero-order valence-corrected chi connectivity index (χ0v) is 15.6. The van der Waals surface area contributed by atoms with Gasteiger partial charge in [0.05, 0.1) is 11.7 Å². The Morgan fingerprint density at radius 3 is 2.86 bits per heavy atom. The van der Waals surface area contributed by atoms with Gasteiger partial charge in [-0.3, -0.25) is 9.89 Å². The standard InChI is InChI=1S/C18H23N9O/c1-9-6-10(7-14-11(9)8-21-25-14)22-17-15(16(20)28)26-27-18(24-17)23-13-5-3-2-4-12(13)19/h6-8,12-13H,2-5,19H2,1H3,(H2,20,28)(H,21,25)(H2,22,23,24,27)/t12-,13+/m0/s1. The smallest absolute Gasteiger partial charge is 0.273 e. The first kappa shape index (κ1) is 18.1. The average Bonchev–Trinajstić information content (AvgIpc) is 3.13. The van der Waals surface area contributed by atoms with Crippen molar-refractivity contribution in [2.75, 3.05) is 10.6 Å². The fourth-order valence-corrected chi connectivity index (χ4v) is 3.58. The Kier molecular flexibility index (Phi) is 4.78. The van der Waals surface area contributed by atoms with Crippen LogP contribution in [0.2, 0.25) is 0 Å². The fraction of sp³-hybridized carbons (Fsp3) is 0.389. The van der Waals surface area contributed by atoms with E-state index in [1.807, 2.05) is 19.1 Å². The number of benzene rings is 1. The first-order chi connectivity index (χ1) is 13.5. The highest BCUT2D eigenvalue weighted by molar-refractivity contribution is 5.96. The molecule has 0 unspecified atom stereocenters. The van der Waals surface area contributed by atoms with Gasteiger partial charge in [0.2, 0.25) is 5.95 Å². The number of H-pyrrole nitrogens is 1. The third-order valence-corrected chi connectivity index (χ3v) is 5.08. The van der Waals surface area contributed by atoms with Gasteiger partial charge in [-0.1, -0.05) is 12.8 Å². The number of fused-ring (bicyclic) bond motifs is 1. The highest BCUT2D eigenvalue weighted by Gasteiger charge is 2.23. The van der Waals surface area contributed by atoms with Crippen molar-refractivity contribution in [1.29, 1.82) is 0 Å². The molecule has 0 saturated heterocycles. The van der Waals surface area contributed by atoms with Gasteiger partial charge < -0.3 is 22.1 Å². The number of anilines is 3. The summed E-state index contributed by atoms with van der Waals surface area (Å²) in [6.07, 6.45) is 5.90. The number of hydrogen-bond donors (Lipinski definition) is 5. The largest absolute Gasteiger partial charge is 0.364 e. The van der Waals surface area contributed by atoms with Crippen LogP contribution in [0.4, 0.5) is 17.5 Å². The van der Waals surface area contributed by atoms with Gasteiger partial charge in [0.25, 0.3) is 5.91 Å². The molecular formula is C18H23N9O. The number of carbonyl (C=O) groups is 1. The molecule has 1 aliphatic rings. The molecule has 3 aromatic rings. The third-order valence-electron chi connectivity index (χ3n) is 5.08. The van der Waals surface area contributed by atoms with E-state index in [9.17, 15) is 4.79 Å². The number of aryl methyl sites for hydroxylation is 1. The minimum atomic E-state index is -0.706. The Hall–Kier alpha value is -3.27. The molecule has 10 nitrogen and oxygen atoms in total. The summed E-state index contributed by atoms with van der Waals surface area (Å²) in [5.74, 6) is -0.149. The van der Waals surface area contributed by atoms with Gasteiger partial charge in [-0.2, -0.15) is 10.1 Å². The van der Waals surface area contributed by atoms with Gasteiger partial charge in [-0.15, -0.1) is 10.2 Å². The zero-order chi connectivity index (χ0) is 19.7. The first-order valence-electron chi connectivity index (χ1n) is 9.28. The van der Waals surface area contributed by atoms with E-state index < -0.39 is 5.91 Å². The summed E-state index contributed by atoms with van der Waals surface area (Å²) >= 11 is 0. The van der Waals surface area contributed by atoms with Crippen LogP contribution in [0.25, 0.3) is 10.9 Å². The van der Waals surface area contributed by atoms with Crippen LogP contribution in [0.3, 0.4) is 0 Å². The second kappa shape index (κ2) is 7.39. The van der Waals surface area contributed by atoms with E-state index in [0.29, 0.717) is 5.95 Å². The summed E-state index contributed by atoms with van der Waals surface area (Å²) in [4.78, 5) is 16.2. The molecule has 2 atom stereocenters. The maximum absolute atomic E-state index is 11.8. The summed E-state index contributed by atoms with van der Waals surface area (Å²) in [7, 11) is 0. The van der Waals surface area contributed by atoms with Crippen LogP contribution in [-0.4, -0.2) is 43.4 Å². The normalized spacial score (nSPS) is 19.5. The van der Waals surface area contributed by atoms with Crippen molar-refractivity contribution in [2.45, 2.75) is 44.7 Å². The lowest BCUT2D eigenvalue weighted by atomic mass is 9.91. The molecule has 0 radical (unpaired) electrons. The highest BCUT2D eigenvalue weighted by Crippen LogP contribution is 2.25. The monoisotopic (exact) mass is 381 g/mol. The molecular weight excluding hydrogens is 358 g/mol. The number of primary amides is 1. The molecule has 2 heterocycles. The molecule has 1 saturated carbocycles. The van der Waals surface area contributed by atoms with Crippen LogP contribution in [0.15, 0.2) is 18.3 Å². The highest BCUT2D eigenvalue weighted by atomic mass is 16.1. The van der Waals surface area contributed by atoms with Gasteiger partial charge in [0.15, 0.2) is 11.5 Å². The number of hydrogen-bond acceptors (Lipinski definition) is 8. The molecule has 7 N–H and O–H groups in total. The molecule has 2 aromatic heterocycles. The Morgan fingerprint density at radius 1 is 1.25 bits per heavy atom. The SMILES string of the molecule is Cc1cc(Nc2nc(N[C@@H]3CCCC[C@@H]3N)nnc2C(N)=O)cc2[nH]ncc12. The molecule has 0 spiro atoms. The first-order valence-corrected chi connectivity index (χ1v) is 9.28. The number of nitrogens with one attached hydrogen (secondary N) is 3. The predicted molar refractivity (Wildman–Crippen MR) is 106 cm³/mol. The van der Waals surface area contributed by atoms with Crippen molar-refractivity contribution in [3.05, 3.63) is 29.6 Å². The number of nitrogens with two attached hydrogens (primary N) is 2. The summed E-state index contributed by atoms with van der Waals surface area (Å²) in [6, 6.07) is 3.93. The van der Waals surface area contributed by atoms with Gasteiger partial charge >= 0.3 is 0 Å². The average molecular weight is 381 g/mol. The van der Waals surface area contributed by atoms with E-state index in [1.165, 1.54) is 0 Å².